The lowest BCUT2D eigenvalue weighted by Gasteiger charge is -2.31. The average Bonchev–Trinajstić information content (AvgIpc) is 2.76. The third-order valence-electron chi connectivity index (χ3n) is 3.84. The van der Waals surface area contributed by atoms with Crippen LogP contribution in [0.5, 0.6) is 0 Å². The van der Waals surface area contributed by atoms with Crippen molar-refractivity contribution < 1.29 is 14.3 Å². The lowest BCUT2D eigenvalue weighted by atomic mass is 9.79. The minimum atomic E-state index is -0.389. The second-order valence-corrected chi connectivity index (χ2v) is 6.41. The summed E-state index contributed by atoms with van der Waals surface area (Å²) in [5.74, 6) is 1.01. The van der Waals surface area contributed by atoms with Gasteiger partial charge in [0.05, 0.1) is 5.92 Å². The molecule has 0 radical (unpaired) electrons. The Bertz CT molecular complexity index is 292. The minimum Gasteiger partial charge on any atom is -0.460 e. The van der Waals surface area contributed by atoms with Crippen LogP contribution < -0.4 is 5.32 Å². The van der Waals surface area contributed by atoms with Gasteiger partial charge in [0.15, 0.2) is 0 Å². The molecular weight excluding hydrogens is 230 g/mol. The van der Waals surface area contributed by atoms with Crippen molar-refractivity contribution in [1.82, 2.24) is 5.32 Å². The molecule has 0 aromatic heterocycles. The van der Waals surface area contributed by atoms with E-state index >= 15 is 0 Å². The van der Waals surface area contributed by atoms with Crippen molar-refractivity contribution in [2.24, 2.45) is 17.8 Å². The van der Waals surface area contributed by atoms with Crippen molar-refractivity contribution >= 4 is 5.97 Å². The summed E-state index contributed by atoms with van der Waals surface area (Å²) in [5, 5.41) is 3.34. The van der Waals surface area contributed by atoms with E-state index in [1.54, 1.807) is 0 Å². The lowest BCUT2D eigenvalue weighted by molar-refractivity contribution is -0.161. The van der Waals surface area contributed by atoms with Crippen LogP contribution in [0.25, 0.3) is 0 Å². The first-order valence-corrected chi connectivity index (χ1v) is 6.99. The molecule has 18 heavy (non-hydrogen) atoms. The quantitative estimate of drug-likeness (QED) is 0.761. The van der Waals surface area contributed by atoms with Crippen LogP contribution in [0.1, 0.15) is 33.6 Å². The molecule has 4 nitrogen and oxygen atoms in total. The van der Waals surface area contributed by atoms with E-state index in [1.807, 2.05) is 20.8 Å². The van der Waals surface area contributed by atoms with Crippen LogP contribution in [-0.2, 0) is 14.3 Å². The summed E-state index contributed by atoms with van der Waals surface area (Å²) < 4.78 is 10.9. The van der Waals surface area contributed by atoms with E-state index in [4.69, 9.17) is 9.47 Å². The molecule has 0 bridgehead atoms. The molecule has 104 valence electrons. The number of carbonyl (C=O) groups excluding carboxylic acids is 1. The number of carbonyl (C=O) groups is 1. The predicted octanol–water partition coefficient (Wildman–Crippen LogP) is 1.59. The average molecular weight is 255 g/mol. The van der Waals surface area contributed by atoms with Crippen LogP contribution in [0.2, 0.25) is 0 Å². The minimum absolute atomic E-state index is 0.0207. The van der Waals surface area contributed by atoms with Gasteiger partial charge in [-0.05, 0) is 52.0 Å². The number of rotatable bonds is 2. The maximum absolute atomic E-state index is 12.2. The number of ether oxygens (including phenoxy) is 2. The topological polar surface area (TPSA) is 47.6 Å². The summed E-state index contributed by atoms with van der Waals surface area (Å²) in [7, 11) is 0. The molecule has 2 rings (SSSR count). The molecular formula is C14H25NO3. The van der Waals surface area contributed by atoms with Crippen LogP contribution in [-0.4, -0.2) is 37.9 Å². The summed E-state index contributed by atoms with van der Waals surface area (Å²) >= 11 is 0. The second kappa shape index (κ2) is 5.57. The van der Waals surface area contributed by atoms with Crippen molar-refractivity contribution in [2.75, 3.05) is 26.3 Å². The Morgan fingerprint density at radius 1 is 1.22 bits per heavy atom. The molecule has 2 aliphatic rings. The Morgan fingerprint density at radius 3 is 2.50 bits per heavy atom. The Balaban J connectivity index is 1.96. The number of nitrogens with one attached hydrogen (secondary N) is 1. The molecule has 4 heteroatoms. The highest BCUT2D eigenvalue weighted by Gasteiger charge is 2.40. The maximum Gasteiger partial charge on any atom is 0.311 e. The SMILES string of the molecule is CC(C)(C)OC(=O)C1CNCC1C1CCOCC1. The van der Waals surface area contributed by atoms with Crippen molar-refractivity contribution in [3.8, 4) is 0 Å². The molecule has 2 atom stereocenters. The lowest BCUT2D eigenvalue weighted by Crippen LogP contribution is -2.36. The molecule has 2 unspecified atom stereocenters. The van der Waals surface area contributed by atoms with E-state index in [0.717, 1.165) is 39.1 Å². The third-order valence-corrected chi connectivity index (χ3v) is 3.84. The first-order chi connectivity index (χ1) is 8.47. The Hall–Kier alpha value is -0.610. The van der Waals surface area contributed by atoms with E-state index in [0.29, 0.717) is 11.8 Å². The van der Waals surface area contributed by atoms with E-state index in [9.17, 15) is 4.79 Å². The van der Waals surface area contributed by atoms with Gasteiger partial charge < -0.3 is 14.8 Å². The normalized spacial score (nSPS) is 30.4. The first kappa shape index (κ1) is 13.8. The van der Waals surface area contributed by atoms with E-state index in [-0.39, 0.29) is 17.5 Å². The Morgan fingerprint density at radius 2 is 1.89 bits per heavy atom. The van der Waals surface area contributed by atoms with Crippen molar-refractivity contribution in [2.45, 2.75) is 39.2 Å². The van der Waals surface area contributed by atoms with Gasteiger partial charge in [0.2, 0.25) is 0 Å². The van der Waals surface area contributed by atoms with Gasteiger partial charge in [0.25, 0.3) is 0 Å². The molecule has 2 saturated heterocycles. The van der Waals surface area contributed by atoms with Gasteiger partial charge in [0.1, 0.15) is 5.60 Å². The first-order valence-electron chi connectivity index (χ1n) is 6.99. The zero-order valence-corrected chi connectivity index (χ0v) is 11.7. The highest BCUT2D eigenvalue weighted by atomic mass is 16.6. The fourth-order valence-corrected chi connectivity index (χ4v) is 2.97. The molecule has 0 amide bonds. The van der Waals surface area contributed by atoms with Gasteiger partial charge in [-0.3, -0.25) is 4.79 Å². The van der Waals surface area contributed by atoms with Crippen LogP contribution in [0, 0.1) is 17.8 Å². The number of hydrogen-bond acceptors (Lipinski definition) is 4. The van der Waals surface area contributed by atoms with E-state index in [1.165, 1.54) is 0 Å². The molecule has 0 spiro atoms. The molecule has 0 aliphatic carbocycles. The van der Waals surface area contributed by atoms with Gasteiger partial charge in [0, 0.05) is 19.8 Å². The second-order valence-electron chi connectivity index (χ2n) is 6.41. The van der Waals surface area contributed by atoms with Gasteiger partial charge in [-0.2, -0.15) is 0 Å². The third kappa shape index (κ3) is 3.45. The van der Waals surface area contributed by atoms with Gasteiger partial charge in [-0.15, -0.1) is 0 Å². The fraction of sp³-hybridized carbons (Fsp3) is 0.929. The van der Waals surface area contributed by atoms with Crippen molar-refractivity contribution in [3.05, 3.63) is 0 Å². The van der Waals surface area contributed by atoms with E-state index in [2.05, 4.69) is 5.32 Å². The monoisotopic (exact) mass is 255 g/mol. The molecule has 2 heterocycles. The zero-order chi connectivity index (χ0) is 13.2. The molecule has 2 fully saturated rings. The molecule has 1 N–H and O–H groups in total. The molecule has 0 aromatic rings. The molecule has 0 saturated carbocycles. The van der Waals surface area contributed by atoms with Gasteiger partial charge in [-0.25, -0.2) is 0 Å². The number of hydrogen-bond donors (Lipinski definition) is 1. The Labute approximate surface area is 109 Å². The smallest absolute Gasteiger partial charge is 0.311 e. The summed E-state index contributed by atoms with van der Waals surface area (Å²) in [6.07, 6.45) is 2.15. The largest absolute Gasteiger partial charge is 0.460 e. The fourth-order valence-electron chi connectivity index (χ4n) is 2.97. The highest BCUT2D eigenvalue weighted by Crippen LogP contribution is 2.33. The summed E-state index contributed by atoms with van der Waals surface area (Å²) in [4.78, 5) is 12.2. The Kier molecular flexibility index (Phi) is 4.28. The molecule has 0 aromatic carbocycles. The van der Waals surface area contributed by atoms with Crippen LogP contribution >= 0.6 is 0 Å². The van der Waals surface area contributed by atoms with Crippen LogP contribution in [0.15, 0.2) is 0 Å². The van der Waals surface area contributed by atoms with E-state index < -0.39 is 0 Å². The standard InChI is InChI=1S/C14H25NO3/c1-14(2,3)18-13(16)12-9-15-8-11(12)10-4-6-17-7-5-10/h10-12,15H,4-9H2,1-3H3. The van der Waals surface area contributed by atoms with Gasteiger partial charge in [-0.1, -0.05) is 0 Å². The summed E-state index contributed by atoms with van der Waals surface area (Å²) in [5.41, 5.74) is -0.389. The van der Waals surface area contributed by atoms with Crippen LogP contribution in [0.4, 0.5) is 0 Å². The zero-order valence-electron chi connectivity index (χ0n) is 11.7. The predicted molar refractivity (Wildman–Crippen MR) is 69.2 cm³/mol. The summed E-state index contributed by atoms with van der Waals surface area (Å²) in [6, 6.07) is 0. The molecule has 2 aliphatic heterocycles. The van der Waals surface area contributed by atoms with Crippen molar-refractivity contribution in [1.29, 1.82) is 0 Å². The van der Waals surface area contributed by atoms with Gasteiger partial charge >= 0.3 is 5.97 Å². The number of esters is 1. The summed E-state index contributed by atoms with van der Waals surface area (Å²) in [6.45, 7) is 9.15. The maximum atomic E-state index is 12.2. The van der Waals surface area contributed by atoms with Crippen molar-refractivity contribution in [3.63, 3.8) is 0 Å². The van der Waals surface area contributed by atoms with Crippen LogP contribution in [0.3, 0.4) is 0 Å². The highest BCUT2D eigenvalue weighted by molar-refractivity contribution is 5.74.